The summed E-state index contributed by atoms with van der Waals surface area (Å²) in [5.41, 5.74) is 3.20. The molecule has 20 heavy (non-hydrogen) atoms. The summed E-state index contributed by atoms with van der Waals surface area (Å²) in [5, 5.41) is 12.5. The fourth-order valence-corrected chi connectivity index (χ4v) is 2.18. The second-order valence-electron chi connectivity index (χ2n) is 5.09. The lowest BCUT2D eigenvalue weighted by Gasteiger charge is -2.14. The normalized spacial score (nSPS) is 12.3. The molecule has 0 aliphatic rings. The number of rotatable bonds is 6. The summed E-state index contributed by atoms with van der Waals surface area (Å²) in [5.74, 6) is -0.199. The highest BCUT2D eigenvalue weighted by molar-refractivity contribution is 5.23. The van der Waals surface area contributed by atoms with E-state index in [-0.39, 0.29) is 12.4 Å². The number of benzene rings is 2. The molecule has 0 heterocycles. The fourth-order valence-electron chi connectivity index (χ4n) is 2.18. The molecule has 0 aliphatic heterocycles. The molecule has 0 bridgehead atoms. The van der Waals surface area contributed by atoms with Crippen molar-refractivity contribution in [1.82, 2.24) is 5.32 Å². The van der Waals surface area contributed by atoms with Gasteiger partial charge in [-0.05, 0) is 42.2 Å². The molecule has 1 atom stereocenters. The Balaban J connectivity index is 1.85. The Bertz CT molecular complexity index is 539. The molecular weight excluding hydrogens is 253 g/mol. The van der Waals surface area contributed by atoms with E-state index >= 15 is 0 Å². The SMILES string of the molecule is CC(Cc1ccc(F)cc1)NCc1cccc(CO)c1. The first kappa shape index (κ1) is 14.7. The summed E-state index contributed by atoms with van der Waals surface area (Å²) in [4.78, 5) is 0. The van der Waals surface area contributed by atoms with Crippen LogP contribution in [0.15, 0.2) is 48.5 Å². The second kappa shape index (κ2) is 7.17. The molecule has 2 rings (SSSR count). The van der Waals surface area contributed by atoms with Crippen LogP contribution in [0.1, 0.15) is 23.6 Å². The second-order valence-corrected chi connectivity index (χ2v) is 5.09. The van der Waals surface area contributed by atoms with Crippen LogP contribution in [0.2, 0.25) is 0 Å². The molecule has 0 aliphatic carbocycles. The Morgan fingerprint density at radius 3 is 2.45 bits per heavy atom. The van der Waals surface area contributed by atoms with Gasteiger partial charge in [-0.3, -0.25) is 0 Å². The number of aliphatic hydroxyl groups excluding tert-OH is 1. The third-order valence-corrected chi connectivity index (χ3v) is 3.28. The average molecular weight is 273 g/mol. The van der Waals surface area contributed by atoms with Gasteiger partial charge in [0, 0.05) is 12.6 Å². The molecular formula is C17H20FNO. The minimum absolute atomic E-state index is 0.0684. The maximum atomic E-state index is 12.8. The average Bonchev–Trinajstić information content (AvgIpc) is 2.48. The number of hydrogen-bond acceptors (Lipinski definition) is 2. The van der Waals surface area contributed by atoms with Gasteiger partial charge in [0.15, 0.2) is 0 Å². The summed E-state index contributed by atoms with van der Waals surface area (Å²) in [7, 11) is 0. The standard InChI is InChI=1S/C17H20FNO/c1-13(9-14-5-7-17(18)8-6-14)19-11-15-3-2-4-16(10-15)12-20/h2-8,10,13,19-20H,9,11-12H2,1H3. The number of hydrogen-bond donors (Lipinski definition) is 2. The van der Waals surface area contributed by atoms with Crippen LogP contribution in [0.3, 0.4) is 0 Å². The number of nitrogens with one attached hydrogen (secondary N) is 1. The lowest BCUT2D eigenvalue weighted by molar-refractivity contribution is 0.281. The summed E-state index contributed by atoms with van der Waals surface area (Å²) >= 11 is 0. The molecule has 2 nitrogen and oxygen atoms in total. The van der Waals surface area contributed by atoms with Crippen molar-refractivity contribution in [3.05, 3.63) is 71.0 Å². The maximum absolute atomic E-state index is 12.8. The van der Waals surface area contributed by atoms with E-state index < -0.39 is 0 Å². The largest absolute Gasteiger partial charge is 0.392 e. The molecule has 0 saturated heterocycles. The molecule has 3 heteroatoms. The highest BCUT2D eigenvalue weighted by atomic mass is 19.1. The van der Waals surface area contributed by atoms with Crippen LogP contribution in [0.4, 0.5) is 4.39 Å². The predicted molar refractivity (Wildman–Crippen MR) is 78.8 cm³/mol. The van der Waals surface area contributed by atoms with Gasteiger partial charge in [0.1, 0.15) is 5.82 Å². The molecule has 0 spiro atoms. The zero-order chi connectivity index (χ0) is 14.4. The summed E-state index contributed by atoms with van der Waals surface area (Å²) in [6.07, 6.45) is 0.861. The lowest BCUT2D eigenvalue weighted by Crippen LogP contribution is -2.27. The van der Waals surface area contributed by atoms with E-state index in [1.54, 1.807) is 0 Å². The number of halogens is 1. The van der Waals surface area contributed by atoms with Crippen molar-refractivity contribution in [3.63, 3.8) is 0 Å². The van der Waals surface area contributed by atoms with Crippen molar-refractivity contribution in [2.75, 3.05) is 0 Å². The quantitative estimate of drug-likeness (QED) is 0.848. The van der Waals surface area contributed by atoms with Gasteiger partial charge in [-0.1, -0.05) is 36.4 Å². The third-order valence-electron chi connectivity index (χ3n) is 3.28. The van der Waals surface area contributed by atoms with Crippen molar-refractivity contribution in [2.24, 2.45) is 0 Å². The van der Waals surface area contributed by atoms with Gasteiger partial charge in [0.25, 0.3) is 0 Å². The third kappa shape index (κ3) is 4.44. The van der Waals surface area contributed by atoms with E-state index in [4.69, 9.17) is 5.11 Å². The van der Waals surface area contributed by atoms with E-state index in [0.717, 1.165) is 29.7 Å². The van der Waals surface area contributed by atoms with Crippen LogP contribution >= 0.6 is 0 Å². The topological polar surface area (TPSA) is 32.3 Å². The lowest BCUT2D eigenvalue weighted by atomic mass is 10.1. The van der Waals surface area contributed by atoms with Gasteiger partial charge in [-0.2, -0.15) is 0 Å². The molecule has 1 unspecified atom stereocenters. The minimum atomic E-state index is -0.199. The highest BCUT2D eigenvalue weighted by Crippen LogP contribution is 2.08. The van der Waals surface area contributed by atoms with Crippen molar-refractivity contribution in [2.45, 2.75) is 32.5 Å². The monoisotopic (exact) mass is 273 g/mol. The van der Waals surface area contributed by atoms with Crippen LogP contribution in [-0.4, -0.2) is 11.1 Å². The van der Waals surface area contributed by atoms with Gasteiger partial charge >= 0.3 is 0 Å². The van der Waals surface area contributed by atoms with Crippen LogP contribution in [-0.2, 0) is 19.6 Å². The van der Waals surface area contributed by atoms with Gasteiger partial charge in [0.2, 0.25) is 0 Å². The first-order chi connectivity index (χ1) is 9.67. The van der Waals surface area contributed by atoms with Crippen molar-refractivity contribution in [1.29, 1.82) is 0 Å². The first-order valence-corrected chi connectivity index (χ1v) is 6.84. The fraction of sp³-hybridized carbons (Fsp3) is 0.294. The molecule has 106 valence electrons. The molecule has 0 amide bonds. The Labute approximate surface area is 119 Å². The van der Waals surface area contributed by atoms with Gasteiger partial charge in [-0.15, -0.1) is 0 Å². The molecule has 0 aromatic heterocycles. The molecule has 2 N–H and O–H groups in total. The first-order valence-electron chi connectivity index (χ1n) is 6.84. The summed E-state index contributed by atoms with van der Waals surface area (Å²) in [6.45, 7) is 2.94. The van der Waals surface area contributed by atoms with Crippen molar-refractivity contribution >= 4 is 0 Å². The number of aliphatic hydroxyl groups is 1. The van der Waals surface area contributed by atoms with Crippen LogP contribution in [0.5, 0.6) is 0 Å². The Morgan fingerprint density at radius 1 is 1.05 bits per heavy atom. The Kier molecular flexibility index (Phi) is 5.27. The van der Waals surface area contributed by atoms with Gasteiger partial charge in [-0.25, -0.2) is 4.39 Å². The molecule has 2 aromatic carbocycles. The van der Waals surface area contributed by atoms with Crippen molar-refractivity contribution < 1.29 is 9.50 Å². The Morgan fingerprint density at radius 2 is 1.75 bits per heavy atom. The van der Waals surface area contributed by atoms with Crippen LogP contribution in [0, 0.1) is 5.82 Å². The van der Waals surface area contributed by atoms with Gasteiger partial charge in [0.05, 0.1) is 6.61 Å². The smallest absolute Gasteiger partial charge is 0.123 e. The minimum Gasteiger partial charge on any atom is -0.392 e. The van der Waals surface area contributed by atoms with Crippen molar-refractivity contribution in [3.8, 4) is 0 Å². The van der Waals surface area contributed by atoms with E-state index in [9.17, 15) is 4.39 Å². The van der Waals surface area contributed by atoms with E-state index in [2.05, 4.69) is 12.2 Å². The summed E-state index contributed by atoms with van der Waals surface area (Å²) < 4.78 is 12.8. The van der Waals surface area contributed by atoms with Gasteiger partial charge < -0.3 is 10.4 Å². The maximum Gasteiger partial charge on any atom is 0.123 e. The van der Waals surface area contributed by atoms with Crippen LogP contribution in [0.25, 0.3) is 0 Å². The molecule has 2 aromatic rings. The zero-order valence-electron chi connectivity index (χ0n) is 11.6. The molecule has 0 fully saturated rings. The van der Waals surface area contributed by atoms with E-state index in [1.165, 1.54) is 12.1 Å². The van der Waals surface area contributed by atoms with Crippen LogP contribution < -0.4 is 5.32 Å². The van der Waals surface area contributed by atoms with E-state index in [0.29, 0.717) is 6.04 Å². The predicted octanol–water partition coefficient (Wildman–Crippen LogP) is 3.04. The molecule has 0 radical (unpaired) electrons. The molecule has 0 saturated carbocycles. The zero-order valence-corrected chi connectivity index (χ0v) is 11.6. The summed E-state index contributed by atoms with van der Waals surface area (Å²) in [6, 6.07) is 14.8. The van der Waals surface area contributed by atoms with E-state index in [1.807, 2.05) is 36.4 Å². The highest BCUT2D eigenvalue weighted by Gasteiger charge is 2.04. The Hall–Kier alpha value is -1.71.